The maximum absolute atomic E-state index is 11.8. The lowest BCUT2D eigenvalue weighted by molar-refractivity contribution is 0.0521. The van der Waals surface area contributed by atoms with Gasteiger partial charge in [0.1, 0.15) is 11.6 Å². The monoisotopic (exact) mass is 299 g/mol. The highest BCUT2D eigenvalue weighted by molar-refractivity contribution is 8.00. The number of esters is 1. The van der Waals surface area contributed by atoms with Crippen molar-refractivity contribution >= 4 is 23.5 Å². The number of aromatic nitrogens is 2. The van der Waals surface area contributed by atoms with Crippen molar-refractivity contribution in [3.05, 3.63) is 11.5 Å². The Labute approximate surface area is 125 Å². The number of nitrogens with two attached hydrogens (primary N) is 1. The average Bonchev–Trinajstić information content (AvgIpc) is 2.72. The number of hydrogen-bond acceptors (Lipinski definition) is 5. The molecular formula is C14H25N3O2S. The van der Waals surface area contributed by atoms with Crippen LogP contribution >= 0.6 is 11.8 Å². The number of carbonyl (C=O) groups is 1. The summed E-state index contributed by atoms with van der Waals surface area (Å²) >= 11 is 1.84. The maximum Gasteiger partial charge on any atom is 0.360 e. The number of anilines is 1. The minimum Gasteiger partial charge on any atom is -0.461 e. The van der Waals surface area contributed by atoms with Crippen LogP contribution in [0.3, 0.4) is 0 Å². The molecule has 1 rings (SSSR count). The van der Waals surface area contributed by atoms with Crippen molar-refractivity contribution in [1.29, 1.82) is 0 Å². The van der Waals surface area contributed by atoms with Crippen LogP contribution in [0.15, 0.2) is 0 Å². The van der Waals surface area contributed by atoms with E-state index >= 15 is 0 Å². The Morgan fingerprint density at radius 1 is 1.40 bits per heavy atom. The largest absolute Gasteiger partial charge is 0.461 e. The van der Waals surface area contributed by atoms with Gasteiger partial charge in [0.25, 0.3) is 0 Å². The summed E-state index contributed by atoms with van der Waals surface area (Å²) in [6.07, 6.45) is 4.19. The van der Waals surface area contributed by atoms with Gasteiger partial charge in [0, 0.05) is 11.3 Å². The van der Waals surface area contributed by atoms with Crippen LogP contribution in [0, 0.1) is 6.92 Å². The fourth-order valence-electron chi connectivity index (χ4n) is 2.25. The maximum atomic E-state index is 11.8. The summed E-state index contributed by atoms with van der Waals surface area (Å²) in [6, 6.07) is 0. The fourth-order valence-corrected chi connectivity index (χ4v) is 3.08. The van der Waals surface area contributed by atoms with E-state index in [9.17, 15) is 4.79 Å². The second-order valence-electron chi connectivity index (χ2n) is 4.79. The van der Waals surface area contributed by atoms with Gasteiger partial charge in [0.2, 0.25) is 0 Å². The van der Waals surface area contributed by atoms with Gasteiger partial charge in [-0.3, -0.25) is 0 Å². The number of imidazole rings is 1. The van der Waals surface area contributed by atoms with Crippen molar-refractivity contribution in [2.45, 2.75) is 51.8 Å². The van der Waals surface area contributed by atoms with E-state index in [-0.39, 0.29) is 10.4 Å². The molecule has 0 spiro atoms. The van der Waals surface area contributed by atoms with Crippen LogP contribution in [0.2, 0.25) is 0 Å². The summed E-state index contributed by atoms with van der Waals surface area (Å²) in [5, 5.41) is 0. The number of hydrogen-bond donors (Lipinski definition) is 1. The van der Waals surface area contributed by atoms with E-state index in [1.165, 1.54) is 0 Å². The molecule has 114 valence electrons. The van der Waals surface area contributed by atoms with Gasteiger partial charge < -0.3 is 15.0 Å². The molecule has 6 heteroatoms. The molecule has 0 saturated carbocycles. The Bertz CT molecular complexity index is 459. The van der Waals surface area contributed by atoms with E-state index in [4.69, 9.17) is 10.5 Å². The van der Waals surface area contributed by atoms with E-state index in [1.807, 2.05) is 23.3 Å². The smallest absolute Gasteiger partial charge is 0.360 e. The number of nitrogen functional groups attached to an aromatic ring is 1. The lowest BCUT2D eigenvalue weighted by atomic mass is 10.0. The molecule has 0 fully saturated rings. The molecule has 0 aliphatic rings. The van der Waals surface area contributed by atoms with Crippen molar-refractivity contribution in [3.8, 4) is 0 Å². The Morgan fingerprint density at radius 3 is 2.45 bits per heavy atom. The second-order valence-corrected chi connectivity index (χ2v) is 6.07. The summed E-state index contributed by atoms with van der Waals surface area (Å²) in [5.41, 5.74) is 6.33. The predicted molar refractivity (Wildman–Crippen MR) is 84.2 cm³/mol. The number of rotatable bonds is 7. The zero-order chi connectivity index (χ0) is 15.3. The van der Waals surface area contributed by atoms with Crippen molar-refractivity contribution in [1.82, 2.24) is 9.55 Å². The number of thioether (sulfide) groups is 1. The van der Waals surface area contributed by atoms with Gasteiger partial charge in [-0.2, -0.15) is 11.8 Å². The van der Waals surface area contributed by atoms with Gasteiger partial charge in [-0.25, -0.2) is 9.78 Å². The SMILES string of the molecule is CCOC(=O)c1nc(C)n(CC(CC)(CC)SC)c1N. The number of ether oxygens (including phenoxy) is 1. The Morgan fingerprint density at radius 2 is 2.00 bits per heavy atom. The third kappa shape index (κ3) is 3.29. The molecule has 0 saturated heterocycles. The van der Waals surface area contributed by atoms with Gasteiger partial charge in [-0.05, 0) is 32.9 Å². The average molecular weight is 299 g/mol. The molecule has 0 amide bonds. The number of nitrogens with zero attached hydrogens (tertiary/aromatic N) is 2. The van der Waals surface area contributed by atoms with Gasteiger partial charge in [0.05, 0.1) is 6.61 Å². The number of aryl methyl sites for hydroxylation is 1. The predicted octanol–water partition coefficient (Wildman–Crippen LogP) is 2.87. The Hall–Kier alpha value is -1.17. The van der Waals surface area contributed by atoms with Gasteiger partial charge in [-0.15, -0.1) is 0 Å². The van der Waals surface area contributed by atoms with Crippen LogP contribution in [0.25, 0.3) is 0 Å². The highest BCUT2D eigenvalue weighted by Crippen LogP contribution is 2.34. The molecule has 20 heavy (non-hydrogen) atoms. The summed E-state index contributed by atoms with van der Waals surface area (Å²) in [6.45, 7) is 9.07. The van der Waals surface area contributed by atoms with Crippen LogP contribution < -0.4 is 5.73 Å². The minimum absolute atomic E-state index is 0.117. The third-order valence-corrected chi connectivity index (χ3v) is 5.41. The normalized spacial score (nSPS) is 11.7. The molecule has 2 N–H and O–H groups in total. The van der Waals surface area contributed by atoms with E-state index in [0.29, 0.717) is 12.4 Å². The Balaban J connectivity index is 3.11. The zero-order valence-corrected chi connectivity index (χ0v) is 13.8. The topological polar surface area (TPSA) is 70.1 Å². The molecule has 0 aliphatic heterocycles. The lowest BCUT2D eigenvalue weighted by Crippen LogP contribution is -2.30. The minimum atomic E-state index is -0.449. The van der Waals surface area contributed by atoms with E-state index in [2.05, 4.69) is 25.1 Å². The standard InChI is InChI=1S/C14H25N3O2S/c1-6-14(7-2,20-5)9-17-10(4)16-11(12(17)15)13(18)19-8-3/h6-9,15H2,1-5H3. The van der Waals surface area contributed by atoms with E-state index in [0.717, 1.165) is 25.2 Å². The number of carbonyl (C=O) groups excluding carboxylic acids is 1. The molecule has 0 aromatic carbocycles. The highest BCUT2D eigenvalue weighted by atomic mass is 32.2. The zero-order valence-electron chi connectivity index (χ0n) is 13.0. The molecule has 0 atom stereocenters. The first-order chi connectivity index (χ1) is 9.44. The lowest BCUT2D eigenvalue weighted by Gasteiger charge is -2.30. The van der Waals surface area contributed by atoms with Crippen molar-refractivity contribution in [3.63, 3.8) is 0 Å². The third-order valence-electron chi connectivity index (χ3n) is 3.83. The first kappa shape index (κ1) is 16.9. The molecule has 0 unspecified atom stereocenters. The van der Waals surface area contributed by atoms with Crippen LogP contribution in [-0.2, 0) is 11.3 Å². The summed E-state index contributed by atoms with van der Waals surface area (Å²) in [7, 11) is 0. The molecule has 0 bridgehead atoms. The van der Waals surface area contributed by atoms with Crippen LogP contribution in [0.1, 0.15) is 49.9 Å². The van der Waals surface area contributed by atoms with Crippen LogP contribution in [-0.4, -0.2) is 33.1 Å². The van der Waals surface area contributed by atoms with Gasteiger partial charge >= 0.3 is 5.97 Å². The molecule has 1 heterocycles. The Kier molecular flexibility index (Phi) is 5.92. The fraction of sp³-hybridized carbons (Fsp3) is 0.714. The molecule has 0 aliphatic carbocycles. The van der Waals surface area contributed by atoms with E-state index < -0.39 is 5.97 Å². The van der Waals surface area contributed by atoms with Crippen molar-refractivity contribution in [2.24, 2.45) is 0 Å². The van der Waals surface area contributed by atoms with Crippen molar-refractivity contribution in [2.75, 3.05) is 18.6 Å². The van der Waals surface area contributed by atoms with Gasteiger partial charge in [0.15, 0.2) is 5.69 Å². The molecule has 5 nitrogen and oxygen atoms in total. The first-order valence-corrected chi connectivity index (χ1v) is 8.22. The summed E-state index contributed by atoms with van der Waals surface area (Å²) in [5.74, 6) is 0.710. The highest BCUT2D eigenvalue weighted by Gasteiger charge is 2.29. The quantitative estimate of drug-likeness (QED) is 0.784. The summed E-state index contributed by atoms with van der Waals surface area (Å²) in [4.78, 5) is 16.1. The first-order valence-electron chi connectivity index (χ1n) is 6.99. The molecule has 1 aromatic rings. The van der Waals surface area contributed by atoms with Crippen LogP contribution in [0.5, 0.6) is 0 Å². The molecule has 1 aromatic heterocycles. The molecule has 0 radical (unpaired) electrons. The van der Waals surface area contributed by atoms with E-state index in [1.54, 1.807) is 6.92 Å². The van der Waals surface area contributed by atoms with Gasteiger partial charge in [-0.1, -0.05) is 13.8 Å². The molecular weight excluding hydrogens is 274 g/mol. The van der Waals surface area contributed by atoms with Crippen LogP contribution in [0.4, 0.5) is 5.82 Å². The van der Waals surface area contributed by atoms with Crippen molar-refractivity contribution < 1.29 is 9.53 Å². The second kappa shape index (κ2) is 7.02. The summed E-state index contributed by atoms with van der Waals surface area (Å²) < 4.78 is 7.03.